The molecule has 0 radical (unpaired) electrons. The van der Waals surface area contributed by atoms with Gasteiger partial charge >= 0.3 is 5.97 Å². The Morgan fingerprint density at radius 3 is 2.44 bits per heavy atom. The van der Waals surface area contributed by atoms with E-state index in [1.54, 1.807) is 0 Å². The first kappa shape index (κ1) is 15.2. The van der Waals surface area contributed by atoms with Gasteiger partial charge in [-0.25, -0.2) is 0 Å². The van der Waals surface area contributed by atoms with Crippen LogP contribution in [0.3, 0.4) is 0 Å². The topological polar surface area (TPSA) is 38.3 Å². The van der Waals surface area contributed by atoms with Crippen LogP contribution in [0.2, 0.25) is 0 Å². The molecule has 0 saturated heterocycles. The van der Waals surface area contributed by atoms with E-state index in [0.717, 1.165) is 11.0 Å². The summed E-state index contributed by atoms with van der Waals surface area (Å²) in [5.74, 6) is 0.0358. The van der Waals surface area contributed by atoms with Gasteiger partial charge in [-0.1, -0.05) is 41.9 Å². The zero-order chi connectivity index (χ0) is 13.5. The van der Waals surface area contributed by atoms with Crippen LogP contribution in [-0.2, 0) is 16.1 Å². The lowest BCUT2D eigenvalue weighted by molar-refractivity contribution is -0.146. The predicted molar refractivity (Wildman–Crippen MR) is 76.2 cm³/mol. The molecule has 0 saturated carbocycles. The van der Waals surface area contributed by atoms with Crippen molar-refractivity contribution in [1.82, 2.24) is 5.32 Å². The van der Waals surface area contributed by atoms with Gasteiger partial charge in [0.2, 0.25) is 0 Å². The summed E-state index contributed by atoms with van der Waals surface area (Å²) in [6, 6.07) is 8.13. The third-order valence-electron chi connectivity index (χ3n) is 2.92. The van der Waals surface area contributed by atoms with Gasteiger partial charge in [0.15, 0.2) is 0 Å². The van der Waals surface area contributed by atoms with Crippen molar-refractivity contribution in [2.24, 2.45) is 11.8 Å². The van der Waals surface area contributed by atoms with E-state index in [1.807, 2.05) is 26.0 Å². The highest BCUT2D eigenvalue weighted by molar-refractivity contribution is 9.10. The van der Waals surface area contributed by atoms with Crippen LogP contribution in [0.4, 0.5) is 0 Å². The fraction of sp³-hybridized carbons (Fsp3) is 0.500. The Morgan fingerprint density at radius 1 is 1.33 bits per heavy atom. The van der Waals surface area contributed by atoms with Crippen molar-refractivity contribution in [3.63, 3.8) is 0 Å². The van der Waals surface area contributed by atoms with E-state index >= 15 is 0 Å². The van der Waals surface area contributed by atoms with Gasteiger partial charge in [-0.05, 0) is 23.6 Å². The first-order valence-corrected chi connectivity index (χ1v) is 6.87. The number of hydrogen-bond acceptors (Lipinski definition) is 3. The average Bonchev–Trinajstić information content (AvgIpc) is 2.35. The molecule has 0 amide bonds. The van der Waals surface area contributed by atoms with Gasteiger partial charge in [-0.15, -0.1) is 0 Å². The number of nitrogens with one attached hydrogen (secondary N) is 1. The lowest BCUT2D eigenvalue weighted by Crippen LogP contribution is -2.32. The van der Waals surface area contributed by atoms with Crippen LogP contribution in [0.5, 0.6) is 0 Å². The van der Waals surface area contributed by atoms with Gasteiger partial charge in [-0.3, -0.25) is 4.79 Å². The third kappa shape index (κ3) is 4.78. The lowest BCUT2D eigenvalue weighted by atomic mass is 9.96. The summed E-state index contributed by atoms with van der Waals surface area (Å²) in [7, 11) is 1.44. The Balaban J connectivity index is 2.43. The van der Waals surface area contributed by atoms with E-state index in [-0.39, 0.29) is 17.8 Å². The molecule has 4 heteroatoms. The minimum atomic E-state index is -0.145. The molecule has 0 spiro atoms. The molecular weight excluding hydrogens is 294 g/mol. The van der Waals surface area contributed by atoms with Crippen LogP contribution >= 0.6 is 15.9 Å². The summed E-state index contributed by atoms with van der Waals surface area (Å²) in [6.45, 7) is 5.46. The van der Waals surface area contributed by atoms with E-state index in [2.05, 4.69) is 33.4 Å². The van der Waals surface area contributed by atoms with E-state index in [4.69, 9.17) is 4.74 Å². The van der Waals surface area contributed by atoms with Crippen LogP contribution < -0.4 is 5.32 Å². The summed E-state index contributed by atoms with van der Waals surface area (Å²) < 4.78 is 5.88. The second-order valence-corrected chi connectivity index (χ2v) is 5.55. The fourth-order valence-corrected chi connectivity index (χ4v) is 1.98. The molecule has 1 aromatic rings. The maximum atomic E-state index is 11.6. The Labute approximate surface area is 117 Å². The molecule has 1 aromatic carbocycles. The number of carbonyl (C=O) groups is 1. The average molecular weight is 314 g/mol. The molecule has 0 aromatic heterocycles. The van der Waals surface area contributed by atoms with Crippen LogP contribution in [0.15, 0.2) is 28.7 Å². The Kier molecular flexibility index (Phi) is 6.36. The highest BCUT2D eigenvalue weighted by atomic mass is 79.9. The number of benzene rings is 1. The number of halogens is 1. The maximum Gasteiger partial charge on any atom is 0.310 e. The highest BCUT2D eigenvalue weighted by Crippen LogP contribution is 2.13. The Morgan fingerprint density at radius 2 is 1.94 bits per heavy atom. The molecular formula is C14H20BrNO2. The minimum Gasteiger partial charge on any atom is -0.469 e. The summed E-state index contributed by atoms with van der Waals surface area (Å²) in [5, 5.41) is 3.30. The van der Waals surface area contributed by atoms with Crippen molar-refractivity contribution in [1.29, 1.82) is 0 Å². The lowest BCUT2D eigenvalue weighted by Gasteiger charge is -2.18. The zero-order valence-electron chi connectivity index (χ0n) is 11.1. The largest absolute Gasteiger partial charge is 0.469 e. The molecule has 0 heterocycles. The summed E-state index contributed by atoms with van der Waals surface area (Å²) in [4.78, 5) is 11.6. The first-order valence-electron chi connectivity index (χ1n) is 6.07. The predicted octanol–water partition coefficient (Wildman–Crippen LogP) is 2.98. The Bertz CT molecular complexity index is 376. The number of methoxy groups -OCH3 is 1. The van der Waals surface area contributed by atoms with Crippen LogP contribution in [0.25, 0.3) is 0 Å². The number of ether oxygens (including phenoxy) is 1. The molecule has 100 valence electrons. The molecule has 18 heavy (non-hydrogen) atoms. The highest BCUT2D eigenvalue weighted by Gasteiger charge is 2.22. The number of hydrogen-bond donors (Lipinski definition) is 1. The van der Waals surface area contributed by atoms with Crippen molar-refractivity contribution >= 4 is 21.9 Å². The van der Waals surface area contributed by atoms with Gasteiger partial charge in [-0.2, -0.15) is 0 Å². The number of carbonyl (C=O) groups excluding carboxylic acids is 1. The van der Waals surface area contributed by atoms with Crippen LogP contribution in [0.1, 0.15) is 19.4 Å². The summed E-state index contributed by atoms with van der Waals surface area (Å²) in [6.07, 6.45) is 0. The fourth-order valence-electron chi connectivity index (χ4n) is 1.72. The SMILES string of the molecule is COC(=O)C(CNCc1ccc(Br)cc1)C(C)C. The molecule has 1 atom stereocenters. The molecule has 1 N–H and O–H groups in total. The molecule has 0 fully saturated rings. The van der Waals surface area contributed by atoms with Crippen molar-refractivity contribution in [3.05, 3.63) is 34.3 Å². The van der Waals surface area contributed by atoms with Crippen molar-refractivity contribution in [3.8, 4) is 0 Å². The quantitative estimate of drug-likeness (QED) is 0.821. The van der Waals surface area contributed by atoms with E-state index < -0.39 is 0 Å². The maximum absolute atomic E-state index is 11.6. The van der Waals surface area contributed by atoms with Gasteiger partial charge in [0.1, 0.15) is 0 Å². The van der Waals surface area contributed by atoms with Gasteiger partial charge < -0.3 is 10.1 Å². The Hall–Kier alpha value is -0.870. The van der Waals surface area contributed by atoms with Crippen molar-refractivity contribution < 1.29 is 9.53 Å². The molecule has 0 aliphatic heterocycles. The molecule has 1 unspecified atom stereocenters. The van der Waals surface area contributed by atoms with E-state index in [0.29, 0.717) is 6.54 Å². The second kappa shape index (κ2) is 7.54. The van der Waals surface area contributed by atoms with Gasteiger partial charge in [0.05, 0.1) is 13.0 Å². The molecule has 0 aliphatic rings. The van der Waals surface area contributed by atoms with E-state index in [1.165, 1.54) is 12.7 Å². The smallest absolute Gasteiger partial charge is 0.310 e. The first-order chi connectivity index (χ1) is 8.54. The van der Waals surface area contributed by atoms with Crippen molar-refractivity contribution in [2.75, 3.05) is 13.7 Å². The zero-order valence-corrected chi connectivity index (χ0v) is 12.7. The number of esters is 1. The molecule has 1 rings (SSSR count). The molecule has 0 bridgehead atoms. The van der Waals surface area contributed by atoms with E-state index in [9.17, 15) is 4.79 Å². The summed E-state index contributed by atoms with van der Waals surface area (Å²) >= 11 is 3.40. The number of rotatable bonds is 6. The summed E-state index contributed by atoms with van der Waals surface area (Å²) in [5.41, 5.74) is 1.20. The second-order valence-electron chi connectivity index (χ2n) is 4.63. The molecule has 3 nitrogen and oxygen atoms in total. The van der Waals surface area contributed by atoms with Gasteiger partial charge in [0, 0.05) is 17.6 Å². The molecule has 0 aliphatic carbocycles. The van der Waals surface area contributed by atoms with Gasteiger partial charge in [0.25, 0.3) is 0 Å². The monoisotopic (exact) mass is 313 g/mol. The third-order valence-corrected chi connectivity index (χ3v) is 3.44. The van der Waals surface area contributed by atoms with Crippen LogP contribution in [-0.4, -0.2) is 19.6 Å². The minimum absolute atomic E-state index is 0.0922. The standard InChI is InChI=1S/C14H20BrNO2/c1-10(2)13(14(17)18-3)9-16-8-11-4-6-12(15)7-5-11/h4-7,10,13,16H,8-9H2,1-3H3. The normalized spacial score (nSPS) is 12.5. The van der Waals surface area contributed by atoms with Crippen LogP contribution in [0, 0.1) is 11.8 Å². The van der Waals surface area contributed by atoms with Crippen molar-refractivity contribution in [2.45, 2.75) is 20.4 Å².